The number of halogens is 1. The van der Waals surface area contributed by atoms with Crippen molar-refractivity contribution in [2.24, 2.45) is 0 Å². The number of hydrogen-bond donors (Lipinski definition) is 1. The minimum atomic E-state index is -0.903. The molecule has 0 radical (unpaired) electrons. The van der Waals surface area contributed by atoms with Crippen molar-refractivity contribution in [2.75, 3.05) is 0 Å². The molecule has 0 atom stereocenters. The van der Waals surface area contributed by atoms with Crippen LogP contribution in [0, 0.1) is 0 Å². The number of rotatable bonds is 3. The average molecular weight is 368 g/mol. The molecule has 128 valence electrons. The van der Waals surface area contributed by atoms with Crippen LogP contribution in [0.1, 0.15) is 31.2 Å². The lowest BCUT2D eigenvalue weighted by Crippen LogP contribution is -2.32. The first-order valence-electron chi connectivity index (χ1n) is 7.56. The Labute approximate surface area is 152 Å². The second-order valence-electron chi connectivity index (χ2n) is 5.51. The highest BCUT2D eigenvalue weighted by Gasteiger charge is 2.39. The summed E-state index contributed by atoms with van der Waals surface area (Å²) in [5.74, 6) is -2.28. The molecule has 0 fully saturated rings. The highest BCUT2D eigenvalue weighted by molar-refractivity contribution is 6.30. The molecule has 0 bridgehead atoms. The Morgan fingerprint density at radius 2 is 1.69 bits per heavy atom. The van der Waals surface area contributed by atoms with Crippen LogP contribution in [0.2, 0.25) is 5.02 Å². The summed E-state index contributed by atoms with van der Waals surface area (Å²) in [5, 5.41) is 7.54. The topological polar surface area (TPSA) is 92.4 Å². The Morgan fingerprint density at radius 1 is 1.00 bits per heavy atom. The maximum absolute atomic E-state index is 12.3. The number of carbonyl (C=O) groups excluding carboxylic acids is 3. The SMILES string of the molecule is O=C(ON1C(=O)c2ccccc2C1=O)c1cc(-c2cccc(Cl)c2)n[nH]1. The van der Waals surface area contributed by atoms with Crippen LogP contribution in [-0.2, 0) is 4.84 Å². The first-order valence-corrected chi connectivity index (χ1v) is 7.94. The van der Waals surface area contributed by atoms with E-state index in [4.69, 9.17) is 16.4 Å². The molecule has 0 spiro atoms. The number of H-pyrrole nitrogens is 1. The zero-order valence-electron chi connectivity index (χ0n) is 13.1. The zero-order chi connectivity index (χ0) is 18.3. The Balaban J connectivity index is 1.55. The normalized spacial score (nSPS) is 13.0. The zero-order valence-corrected chi connectivity index (χ0v) is 13.9. The third kappa shape index (κ3) is 2.64. The molecule has 26 heavy (non-hydrogen) atoms. The van der Waals surface area contributed by atoms with Crippen LogP contribution in [-0.4, -0.2) is 33.0 Å². The van der Waals surface area contributed by atoms with E-state index in [2.05, 4.69) is 10.2 Å². The molecule has 2 aromatic carbocycles. The van der Waals surface area contributed by atoms with E-state index >= 15 is 0 Å². The van der Waals surface area contributed by atoms with Gasteiger partial charge in [0.2, 0.25) is 0 Å². The lowest BCUT2D eigenvalue weighted by Gasteiger charge is -2.11. The number of benzene rings is 2. The number of hydrogen-bond acceptors (Lipinski definition) is 5. The number of aromatic amines is 1. The summed E-state index contributed by atoms with van der Waals surface area (Å²) in [4.78, 5) is 41.7. The third-order valence-electron chi connectivity index (χ3n) is 3.85. The molecule has 1 aliphatic rings. The largest absolute Gasteiger partial charge is 0.381 e. The Hall–Kier alpha value is -3.45. The molecular formula is C18H10ClN3O4. The van der Waals surface area contributed by atoms with Crippen molar-refractivity contribution in [3.63, 3.8) is 0 Å². The second kappa shape index (κ2) is 6.12. The fraction of sp³-hybridized carbons (Fsp3) is 0. The molecule has 7 nitrogen and oxygen atoms in total. The molecule has 0 saturated carbocycles. The van der Waals surface area contributed by atoms with Gasteiger partial charge in [-0.3, -0.25) is 14.7 Å². The highest BCUT2D eigenvalue weighted by atomic mass is 35.5. The molecule has 0 aliphatic carbocycles. The Kier molecular flexibility index (Phi) is 3.78. The molecule has 1 N–H and O–H groups in total. The molecule has 0 unspecified atom stereocenters. The smallest absolute Gasteiger partial charge is 0.323 e. The fourth-order valence-electron chi connectivity index (χ4n) is 2.60. The van der Waals surface area contributed by atoms with E-state index in [1.165, 1.54) is 18.2 Å². The maximum atomic E-state index is 12.3. The standard InChI is InChI=1S/C18H10ClN3O4/c19-11-5-3-4-10(8-11)14-9-15(21-20-14)18(25)26-22-16(23)12-6-1-2-7-13(12)17(22)24/h1-9H,(H,20,21). The van der Waals surface area contributed by atoms with Crippen LogP contribution >= 0.6 is 11.6 Å². The molecule has 8 heteroatoms. The quantitative estimate of drug-likeness (QED) is 0.718. The number of aromatic nitrogens is 2. The van der Waals surface area contributed by atoms with Gasteiger partial charge in [-0.15, -0.1) is 0 Å². The summed E-state index contributed by atoms with van der Waals surface area (Å²) in [6.07, 6.45) is 0. The predicted molar refractivity (Wildman–Crippen MR) is 91.4 cm³/mol. The number of carbonyl (C=O) groups is 3. The van der Waals surface area contributed by atoms with Gasteiger partial charge in [-0.05, 0) is 30.3 Å². The predicted octanol–water partition coefficient (Wildman–Crippen LogP) is 3.10. The maximum Gasteiger partial charge on any atom is 0.381 e. The number of amides is 2. The lowest BCUT2D eigenvalue weighted by molar-refractivity contribution is -0.0588. The first-order chi connectivity index (χ1) is 12.5. The molecular weight excluding hydrogens is 358 g/mol. The molecule has 4 rings (SSSR count). The van der Waals surface area contributed by atoms with Crippen molar-refractivity contribution in [3.8, 4) is 11.3 Å². The van der Waals surface area contributed by atoms with Crippen molar-refractivity contribution in [1.29, 1.82) is 0 Å². The number of imide groups is 1. The third-order valence-corrected chi connectivity index (χ3v) is 4.08. The molecule has 1 aromatic heterocycles. The van der Waals surface area contributed by atoms with E-state index in [9.17, 15) is 14.4 Å². The summed E-state index contributed by atoms with van der Waals surface area (Å²) >= 11 is 5.94. The molecule has 1 aliphatic heterocycles. The van der Waals surface area contributed by atoms with Crippen LogP contribution in [0.15, 0.2) is 54.6 Å². The van der Waals surface area contributed by atoms with E-state index in [1.54, 1.807) is 36.4 Å². The first kappa shape index (κ1) is 16.0. The lowest BCUT2D eigenvalue weighted by atomic mass is 10.1. The average Bonchev–Trinajstić information content (AvgIpc) is 3.22. The number of fused-ring (bicyclic) bond motifs is 1. The Bertz CT molecular complexity index is 1020. The van der Waals surface area contributed by atoms with Crippen molar-refractivity contribution < 1.29 is 19.2 Å². The summed E-state index contributed by atoms with van der Waals surface area (Å²) in [7, 11) is 0. The number of nitrogens with zero attached hydrogens (tertiary/aromatic N) is 2. The minimum absolute atomic E-state index is 0.00321. The highest BCUT2D eigenvalue weighted by Crippen LogP contribution is 2.24. The van der Waals surface area contributed by atoms with E-state index in [0.29, 0.717) is 21.3 Å². The van der Waals surface area contributed by atoms with Crippen LogP contribution in [0.3, 0.4) is 0 Å². The van der Waals surface area contributed by atoms with Crippen LogP contribution in [0.4, 0.5) is 0 Å². The van der Waals surface area contributed by atoms with Crippen molar-refractivity contribution in [3.05, 3.63) is 76.4 Å². The number of nitrogens with one attached hydrogen (secondary N) is 1. The minimum Gasteiger partial charge on any atom is -0.323 e. The van der Waals surface area contributed by atoms with Crippen LogP contribution < -0.4 is 0 Å². The van der Waals surface area contributed by atoms with Gasteiger partial charge >= 0.3 is 5.97 Å². The van der Waals surface area contributed by atoms with Crippen LogP contribution in [0.25, 0.3) is 11.3 Å². The van der Waals surface area contributed by atoms with Gasteiger partial charge in [-0.1, -0.05) is 40.9 Å². The molecule has 2 heterocycles. The second-order valence-corrected chi connectivity index (χ2v) is 5.94. The molecule has 2 amide bonds. The van der Waals surface area contributed by atoms with Gasteiger partial charge in [0, 0.05) is 10.6 Å². The molecule has 3 aromatic rings. The summed E-state index contributed by atoms with van der Waals surface area (Å²) in [5.41, 5.74) is 1.55. The van der Waals surface area contributed by atoms with Crippen molar-refractivity contribution in [1.82, 2.24) is 15.3 Å². The summed E-state index contributed by atoms with van der Waals surface area (Å²) < 4.78 is 0. The monoisotopic (exact) mass is 367 g/mol. The van der Waals surface area contributed by atoms with Crippen molar-refractivity contribution >= 4 is 29.4 Å². The van der Waals surface area contributed by atoms with Gasteiger partial charge in [0.25, 0.3) is 11.8 Å². The molecule has 0 saturated heterocycles. The van der Waals surface area contributed by atoms with E-state index in [-0.39, 0.29) is 16.8 Å². The van der Waals surface area contributed by atoms with Crippen molar-refractivity contribution in [2.45, 2.75) is 0 Å². The van der Waals surface area contributed by atoms with Gasteiger partial charge in [-0.25, -0.2) is 4.79 Å². The summed E-state index contributed by atoms with van der Waals surface area (Å²) in [6.45, 7) is 0. The van der Waals surface area contributed by atoms with E-state index < -0.39 is 17.8 Å². The van der Waals surface area contributed by atoms with Gasteiger partial charge < -0.3 is 4.84 Å². The Morgan fingerprint density at radius 3 is 2.35 bits per heavy atom. The van der Waals surface area contributed by atoms with Crippen LogP contribution in [0.5, 0.6) is 0 Å². The van der Waals surface area contributed by atoms with Gasteiger partial charge in [-0.2, -0.15) is 5.10 Å². The van der Waals surface area contributed by atoms with Gasteiger partial charge in [0.05, 0.1) is 16.8 Å². The van der Waals surface area contributed by atoms with E-state index in [0.717, 1.165) is 0 Å². The van der Waals surface area contributed by atoms with E-state index in [1.807, 2.05) is 0 Å². The summed E-state index contributed by atoms with van der Waals surface area (Å²) in [6, 6.07) is 14.6. The number of hydroxylamine groups is 2. The van der Waals surface area contributed by atoms with Gasteiger partial charge in [0.1, 0.15) is 5.69 Å². The van der Waals surface area contributed by atoms with Gasteiger partial charge in [0.15, 0.2) is 0 Å². The fourth-order valence-corrected chi connectivity index (χ4v) is 2.79.